The van der Waals surface area contributed by atoms with Gasteiger partial charge in [0, 0.05) is 48.1 Å². The molecule has 2 rings (SSSR count). The van der Waals surface area contributed by atoms with Gasteiger partial charge in [-0.25, -0.2) is 4.79 Å². The second kappa shape index (κ2) is 7.47. The minimum atomic E-state index is -0.667. The molecule has 0 fully saturated rings. The van der Waals surface area contributed by atoms with Gasteiger partial charge in [0.05, 0.1) is 0 Å². The number of azide groups is 1. The molecule has 0 amide bonds. The van der Waals surface area contributed by atoms with Crippen LogP contribution in [0.3, 0.4) is 0 Å². The topological polar surface area (TPSA) is 99.3 Å². The highest BCUT2D eigenvalue weighted by Gasteiger charge is 2.14. The van der Waals surface area contributed by atoms with Crippen LogP contribution in [0.4, 0.5) is 5.69 Å². The average molecular weight is 314 g/mol. The Morgan fingerprint density at radius 1 is 1.30 bits per heavy atom. The molecule has 0 unspecified atom stereocenters. The molecule has 0 radical (unpaired) electrons. The molecule has 1 heterocycles. The Morgan fingerprint density at radius 3 is 2.70 bits per heavy atom. The third-order valence-corrected chi connectivity index (χ3v) is 3.65. The SMILES string of the molecule is CCN(CC)c1ccc2cc(C(=O)CCN=[N+]=[N-])c(=O)oc2c1. The van der Waals surface area contributed by atoms with Gasteiger partial charge in [0.15, 0.2) is 5.78 Å². The molecular weight excluding hydrogens is 296 g/mol. The van der Waals surface area contributed by atoms with E-state index in [-0.39, 0.29) is 24.3 Å². The molecule has 0 bridgehead atoms. The maximum Gasteiger partial charge on any atom is 0.347 e. The van der Waals surface area contributed by atoms with Crippen molar-refractivity contribution < 1.29 is 9.21 Å². The van der Waals surface area contributed by atoms with Crippen LogP contribution in [0.15, 0.2) is 38.6 Å². The molecule has 0 aliphatic heterocycles. The summed E-state index contributed by atoms with van der Waals surface area (Å²) >= 11 is 0. The summed E-state index contributed by atoms with van der Waals surface area (Å²) in [7, 11) is 0. The minimum Gasteiger partial charge on any atom is -0.422 e. The Bertz CT molecular complexity index is 818. The second-order valence-corrected chi connectivity index (χ2v) is 4.97. The van der Waals surface area contributed by atoms with Crippen LogP contribution in [0.25, 0.3) is 21.4 Å². The van der Waals surface area contributed by atoms with E-state index in [4.69, 9.17) is 9.95 Å². The van der Waals surface area contributed by atoms with Gasteiger partial charge in [-0.1, -0.05) is 5.11 Å². The number of Topliss-reactive ketones (excluding diaryl/α,β-unsaturated/α-hetero) is 1. The largest absolute Gasteiger partial charge is 0.422 e. The number of hydrogen-bond acceptors (Lipinski definition) is 5. The summed E-state index contributed by atoms with van der Waals surface area (Å²) in [6.45, 7) is 5.82. The van der Waals surface area contributed by atoms with Crippen molar-refractivity contribution in [2.75, 3.05) is 24.5 Å². The van der Waals surface area contributed by atoms with E-state index in [9.17, 15) is 9.59 Å². The first-order valence-corrected chi connectivity index (χ1v) is 7.47. The molecule has 1 aromatic carbocycles. The average Bonchev–Trinajstić information content (AvgIpc) is 2.55. The maximum absolute atomic E-state index is 12.0. The Morgan fingerprint density at radius 2 is 2.04 bits per heavy atom. The van der Waals surface area contributed by atoms with Crippen LogP contribution in [-0.2, 0) is 0 Å². The first-order valence-electron chi connectivity index (χ1n) is 7.47. The molecule has 0 spiro atoms. The number of carbonyl (C=O) groups excluding carboxylic acids is 1. The summed E-state index contributed by atoms with van der Waals surface area (Å²) in [5.41, 5.74) is 8.96. The molecule has 0 aliphatic rings. The first kappa shape index (κ1) is 16.6. The molecule has 7 heteroatoms. The fraction of sp³-hybridized carbons (Fsp3) is 0.375. The van der Waals surface area contributed by atoms with Crippen LogP contribution in [-0.4, -0.2) is 25.4 Å². The van der Waals surface area contributed by atoms with E-state index in [2.05, 4.69) is 28.8 Å². The van der Waals surface area contributed by atoms with Gasteiger partial charge in [-0.05, 0) is 37.6 Å². The zero-order valence-electron chi connectivity index (χ0n) is 13.2. The van der Waals surface area contributed by atoms with E-state index in [1.165, 1.54) is 6.07 Å². The van der Waals surface area contributed by atoms with E-state index in [1.54, 1.807) is 6.07 Å². The van der Waals surface area contributed by atoms with Crippen molar-refractivity contribution in [2.45, 2.75) is 20.3 Å². The quantitative estimate of drug-likeness (QED) is 0.256. The lowest BCUT2D eigenvalue weighted by atomic mass is 10.1. The first-order chi connectivity index (χ1) is 11.1. The molecular formula is C16H18N4O3. The summed E-state index contributed by atoms with van der Waals surface area (Å²) in [4.78, 5) is 28.7. The Hall–Kier alpha value is -2.79. The van der Waals surface area contributed by atoms with Gasteiger partial charge in [-0.2, -0.15) is 0 Å². The number of carbonyl (C=O) groups is 1. The van der Waals surface area contributed by atoms with Gasteiger partial charge in [-0.3, -0.25) is 4.79 Å². The highest BCUT2D eigenvalue weighted by molar-refractivity contribution is 5.98. The highest BCUT2D eigenvalue weighted by atomic mass is 16.4. The fourth-order valence-corrected chi connectivity index (χ4v) is 2.41. The number of nitrogens with zero attached hydrogens (tertiary/aromatic N) is 4. The number of fused-ring (bicyclic) bond motifs is 1. The van der Waals surface area contributed by atoms with Crippen LogP contribution in [0.1, 0.15) is 30.6 Å². The number of anilines is 1. The van der Waals surface area contributed by atoms with Crippen molar-refractivity contribution in [2.24, 2.45) is 5.11 Å². The van der Waals surface area contributed by atoms with Crippen molar-refractivity contribution in [1.82, 2.24) is 0 Å². The number of benzene rings is 1. The molecule has 0 N–H and O–H groups in total. The molecule has 2 aromatic rings. The third kappa shape index (κ3) is 3.70. The van der Waals surface area contributed by atoms with Gasteiger partial charge in [0.2, 0.25) is 0 Å². The predicted molar refractivity (Wildman–Crippen MR) is 89.0 cm³/mol. The van der Waals surface area contributed by atoms with Gasteiger partial charge in [0.25, 0.3) is 0 Å². The summed E-state index contributed by atoms with van der Waals surface area (Å²) in [5, 5.41) is 3.99. The van der Waals surface area contributed by atoms with Gasteiger partial charge in [0.1, 0.15) is 11.1 Å². The maximum atomic E-state index is 12.0. The minimum absolute atomic E-state index is 0.0128. The molecule has 0 aliphatic carbocycles. The summed E-state index contributed by atoms with van der Waals surface area (Å²) in [6, 6.07) is 7.10. The van der Waals surface area contributed by atoms with Crippen LogP contribution in [0.5, 0.6) is 0 Å². The molecule has 23 heavy (non-hydrogen) atoms. The van der Waals surface area contributed by atoms with E-state index in [1.807, 2.05) is 12.1 Å². The molecule has 0 atom stereocenters. The lowest BCUT2D eigenvalue weighted by molar-refractivity contribution is 0.0982. The van der Waals surface area contributed by atoms with Crippen LogP contribution in [0, 0.1) is 0 Å². The van der Waals surface area contributed by atoms with Crippen molar-refractivity contribution >= 4 is 22.4 Å². The highest BCUT2D eigenvalue weighted by Crippen LogP contribution is 2.22. The van der Waals surface area contributed by atoms with E-state index < -0.39 is 5.63 Å². The fourth-order valence-electron chi connectivity index (χ4n) is 2.41. The zero-order valence-corrected chi connectivity index (χ0v) is 13.2. The Labute approximate surface area is 133 Å². The van der Waals surface area contributed by atoms with Crippen LogP contribution in [0.2, 0.25) is 0 Å². The van der Waals surface area contributed by atoms with E-state index >= 15 is 0 Å². The molecule has 0 saturated carbocycles. The molecule has 1 aromatic heterocycles. The van der Waals surface area contributed by atoms with Gasteiger partial charge < -0.3 is 9.32 Å². The molecule has 120 valence electrons. The van der Waals surface area contributed by atoms with Crippen molar-refractivity contribution in [3.63, 3.8) is 0 Å². The van der Waals surface area contributed by atoms with Gasteiger partial charge >= 0.3 is 5.63 Å². The smallest absolute Gasteiger partial charge is 0.347 e. The van der Waals surface area contributed by atoms with Crippen molar-refractivity contribution in [3.8, 4) is 0 Å². The van der Waals surface area contributed by atoms with E-state index in [0.29, 0.717) is 11.0 Å². The van der Waals surface area contributed by atoms with E-state index in [0.717, 1.165) is 18.8 Å². The standard InChI is InChI=1S/C16H18N4O3/c1-3-20(4-2)12-6-5-11-9-13(14(21)7-8-18-19-17)16(22)23-15(11)10-12/h5-6,9-10H,3-4,7-8H2,1-2H3. The zero-order chi connectivity index (χ0) is 16.8. The molecule has 7 nitrogen and oxygen atoms in total. The van der Waals surface area contributed by atoms with Crippen molar-refractivity contribution in [3.05, 3.63) is 50.7 Å². The number of hydrogen-bond donors (Lipinski definition) is 0. The third-order valence-electron chi connectivity index (χ3n) is 3.65. The molecule has 0 saturated heterocycles. The Balaban J connectivity index is 2.39. The monoisotopic (exact) mass is 314 g/mol. The number of ketones is 1. The summed E-state index contributed by atoms with van der Waals surface area (Å²) < 4.78 is 5.29. The lowest BCUT2D eigenvalue weighted by Crippen LogP contribution is -2.21. The van der Waals surface area contributed by atoms with Crippen LogP contribution >= 0.6 is 0 Å². The Kier molecular flexibility index (Phi) is 5.38. The second-order valence-electron chi connectivity index (χ2n) is 4.97. The van der Waals surface area contributed by atoms with Gasteiger partial charge in [-0.15, -0.1) is 0 Å². The summed E-state index contributed by atoms with van der Waals surface area (Å²) in [6.07, 6.45) is -0.0160. The summed E-state index contributed by atoms with van der Waals surface area (Å²) in [5.74, 6) is -0.388. The van der Waals surface area contributed by atoms with Crippen molar-refractivity contribution in [1.29, 1.82) is 0 Å². The number of rotatable bonds is 7. The predicted octanol–water partition coefficient (Wildman–Crippen LogP) is 3.52. The lowest BCUT2D eigenvalue weighted by Gasteiger charge is -2.20. The van der Waals surface area contributed by atoms with Crippen LogP contribution < -0.4 is 10.5 Å². The normalized spacial score (nSPS) is 10.3.